The number of fused-ring (bicyclic) bond motifs is 1. The number of halogens is 4. The van der Waals surface area contributed by atoms with Gasteiger partial charge in [0.05, 0.1) is 28.0 Å². The fourth-order valence-electron chi connectivity index (χ4n) is 4.60. The van der Waals surface area contributed by atoms with E-state index in [1.807, 2.05) is 0 Å². The van der Waals surface area contributed by atoms with Crippen LogP contribution in [0, 0.1) is 11.7 Å². The predicted molar refractivity (Wildman–Crippen MR) is 130 cm³/mol. The Kier molecular flexibility index (Phi) is 6.57. The van der Waals surface area contributed by atoms with Crippen molar-refractivity contribution in [3.63, 3.8) is 0 Å². The van der Waals surface area contributed by atoms with E-state index in [1.165, 1.54) is 0 Å². The number of pyridine rings is 1. The van der Waals surface area contributed by atoms with E-state index in [1.54, 1.807) is 48.1 Å². The number of carbonyl (C=O) groups is 1. The van der Waals surface area contributed by atoms with Crippen LogP contribution in [0.4, 0.5) is 29.2 Å². The van der Waals surface area contributed by atoms with Crippen LogP contribution in [-0.4, -0.2) is 20.3 Å². The molecule has 0 bridgehead atoms. The second-order valence-electron chi connectivity index (χ2n) is 9.17. The zero-order valence-corrected chi connectivity index (χ0v) is 20.0. The summed E-state index contributed by atoms with van der Waals surface area (Å²) in [5, 5.41) is 2.66. The van der Waals surface area contributed by atoms with Crippen molar-refractivity contribution in [2.75, 3.05) is 5.32 Å². The highest BCUT2D eigenvalue weighted by Gasteiger charge is 2.31. The monoisotopic (exact) mass is 512 g/mol. The standard InChI is InChI=1S/C27H24F4N4O2/c1-35-24-9-7-19(37-20-10-11-32-18(13-20)14-25(36)16-4-2-3-5-16)15-23(24)34-26(35)33-22-12-17(27(29,30)31)6-8-21(22)28/h6-13,15-16H,2-5,14H2,1H3,(H,33,34). The molecular formula is C27H24F4N4O2. The Morgan fingerprint density at radius 3 is 2.59 bits per heavy atom. The van der Waals surface area contributed by atoms with Crippen LogP contribution in [0.3, 0.4) is 0 Å². The Morgan fingerprint density at radius 2 is 1.84 bits per heavy atom. The molecule has 0 unspecified atom stereocenters. The molecule has 1 aliphatic rings. The molecular weight excluding hydrogens is 488 g/mol. The number of nitrogens with one attached hydrogen (secondary N) is 1. The first-order valence-corrected chi connectivity index (χ1v) is 11.9. The van der Waals surface area contributed by atoms with Crippen molar-refractivity contribution in [3.8, 4) is 11.5 Å². The molecule has 2 aromatic carbocycles. The number of hydrogen-bond donors (Lipinski definition) is 1. The molecule has 37 heavy (non-hydrogen) atoms. The highest BCUT2D eigenvalue weighted by Crippen LogP contribution is 2.34. The number of rotatable bonds is 7. The minimum atomic E-state index is -4.60. The van der Waals surface area contributed by atoms with Crippen LogP contribution in [0.1, 0.15) is 36.9 Å². The maximum absolute atomic E-state index is 14.2. The minimum absolute atomic E-state index is 0.116. The molecule has 10 heteroatoms. The Labute approximate surface area is 210 Å². The summed E-state index contributed by atoms with van der Waals surface area (Å²) in [6, 6.07) is 10.7. The summed E-state index contributed by atoms with van der Waals surface area (Å²) in [7, 11) is 1.67. The number of benzene rings is 2. The lowest BCUT2D eigenvalue weighted by atomic mass is 9.99. The summed E-state index contributed by atoms with van der Waals surface area (Å²) in [5.74, 6) is 0.649. The molecule has 192 valence electrons. The maximum atomic E-state index is 14.2. The molecule has 1 aliphatic carbocycles. The van der Waals surface area contributed by atoms with Gasteiger partial charge in [0.1, 0.15) is 23.1 Å². The summed E-state index contributed by atoms with van der Waals surface area (Å²) in [6.45, 7) is 0. The van der Waals surface area contributed by atoms with E-state index in [2.05, 4.69) is 15.3 Å². The molecule has 0 amide bonds. The average Bonchev–Trinajstić information content (AvgIpc) is 3.49. The molecule has 1 fully saturated rings. The topological polar surface area (TPSA) is 69.0 Å². The van der Waals surface area contributed by atoms with Gasteiger partial charge < -0.3 is 14.6 Å². The van der Waals surface area contributed by atoms with E-state index in [9.17, 15) is 22.4 Å². The van der Waals surface area contributed by atoms with E-state index < -0.39 is 17.6 Å². The van der Waals surface area contributed by atoms with Crippen molar-refractivity contribution in [1.29, 1.82) is 0 Å². The molecule has 1 saturated carbocycles. The largest absolute Gasteiger partial charge is 0.457 e. The normalized spacial score (nSPS) is 14.3. The third-order valence-corrected chi connectivity index (χ3v) is 6.58. The third kappa shape index (κ3) is 5.42. The molecule has 5 rings (SSSR count). The smallest absolute Gasteiger partial charge is 0.416 e. The summed E-state index contributed by atoms with van der Waals surface area (Å²) >= 11 is 0. The van der Waals surface area contributed by atoms with Gasteiger partial charge in [0.25, 0.3) is 0 Å². The van der Waals surface area contributed by atoms with Crippen molar-refractivity contribution in [2.45, 2.75) is 38.3 Å². The van der Waals surface area contributed by atoms with Crippen LogP contribution < -0.4 is 10.1 Å². The molecule has 6 nitrogen and oxygen atoms in total. The van der Waals surface area contributed by atoms with Gasteiger partial charge in [0, 0.05) is 37.7 Å². The number of hydrogen-bond acceptors (Lipinski definition) is 5. The van der Waals surface area contributed by atoms with E-state index in [0.717, 1.165) is 31.7 Å². The zero-order chi connectivity index (χ0) is 26.2. The molecule has 2 aromatic heterocycles. The first-order chi connectivity index (χ1) is 17.7. The zero-order valence-electron chi connectivity index (χ0n) is 20.0. The Hall–Kier alpha value is -3.95. The number of aryl methyl sites for hydroxylation is 1. The van der Waals surface area contributed by atoms with E-state index in [-0.39, 0.29) is 29.8 Å². The van der Waals surface area contributed by atoms with Crippen LogP contribution >= 0.6 is 0 Å². The molecule has 0 radical (unpaired) electrons. The number of nitrogens with zero attached hydrogens (tertiary/aromatic N) is 3. The van der Waals surface area contributed by atoms with Crippen LogP contribution in [0.5, 0.6) is 11.5 Å². The third-order valence-electron chi connectivity index (χ3n) is 6.58. The van der Waals surface area contributed by atoms with Gasteiger partial charge in [-0.2, -0.15) is 13.2 Å². The number of ether oxygens (including phenoxy) is 1. The molecule has 0 saturated heterocycles. The van der Waals surface area contributed by atoms with Crippen molar-refractivity contribution >= 4 is 28.5 Å². The molecule has 4 aromatic rings. The fourth-order valence-corrected chi connectivity index (χ4v) is 4.60. The molecule has 2 heterocycles. The van der Waals surface area contributed by atoms with Crippen LogP contribution in [0.25, 0.3) is 11.0 Å². The maximum Gasteiger partial charge on any atom is 0.416 e. The van der Waals surface area contributed by atoms with Gasteiger partial charge >= 0.3 is 6.18 Å². The number of carbonyl (C=O) groups excluding carboxylic acids is 1. The van der Waals surface area contributed by atoms with Crippen molar-refractivity contribution < 1.29 is 27.1 Å². The Balaban J connectivity index is 1.34. The lowest BCUT2D eigenvalue weighted by Gasteiger charge is -2.11. The second kappa shape index (κ2) is 9.84. The van der Waals surface area contributed by atoms with Gasteiger partial charge in [0.15, 0.2) is 0 Å². The van der Waals surface area contributed by atoms with E-state index >= 15 is 0 Å². The van der Waals surface area contributed by atoms with Crippen LogP contribution in [0.15, 0.2) is 54.7 Å². The van der Waals surface area contributed by atoms with Gasteiger partial charge in [-0.3, -0.25) is 9.78 Å². The van der Waals surface area contributed by atoms with Gasteiger partial charge in [-0.05, 0) is 49.2 Å². The van der Waals surface area contributed by atoms with Gasteiger partial charge in [-0.15, -0.1) is 0 Å². The van der Waals surface area contributed by atoms with Crippen molar-refractivity contribution in [1.82, 2.24) is 14.5 Å². The Bertz CT molecular complexity index is 1460. The van der Waals surface area contributed by atoms with Crippen LogP contribution in [-0.2, 0) is 24.4 Å². The number of Topliss-reactive ketones (excluding diaryl/α,β-unsaturated/α-hetero) is 1. The summed E-state index contributed by atoms with van der Waals surface area (Å²) in [4.78, 5) is 21.2. The molecule has 1 N–H and O–H groups in total. The first kappa shape index (κ1) is 24.7. The molecule has 0 spiro atoms. The lowest BCUT2D eigenvalue weighted by molar-refractivity contribution is -0.137. The van der Waals surface area contributed by atoms with Gasteiger partial charge in [-0.1, -0.05) is 12.8 Å². The van der Waals surface area contributed by atoms with Crippen molar-refractivity contribution in [2.24, 2.45) is 13.0 Å². The SMILES string of the molecule is Cn1c(Nc2cc(C(F)(F)F)ccc2F)nc2cc(Oc3ccnc(CC(=O)C4CCCC4)c3)ccc21. The average molecular weight is 513 g/mol. The highest BCUT2D eigenvalue weighted by molar-refractivity contribution is 5.83. The number of aromatic nitrogens is 3. The molecule has 0 aliphatic heterocycles. The number of anilines is 2. The summed E-state index contributed by atoms with van der Waals surface area (Å²) in [5.41, 5.74) is 0.511. The lowest BCUT2D eigenvalue weighted by Crippen LogP contribution is -2.14. The highest BCUT2D eigenvalue weighted by atomic mass is 19.4. The van der Waals surface area contributed by atoms with E-state index in [4.69, 9.17) is 4.74 Å². The van der Waals surface area contributed by atoms with Crippen LogP contribution in [0.2, 0.25) is 0 Å². The predicted octanol–water partition coefficient (Wildman–Crippen LogP) is 6.96. The number of ketones is 1. The number of alkyl halides is 3. The molecule has 0 atom stereocenters. The first-order valence-electron chi connectivity index (χ1n) is 11.9. The second-order valence-corrected chi connectivity index (χ2v) is 9.17. The Morgan fingerprint density at radius 1 is 1.08 bits per heavy atom. The summed E-state index contributed by atoms with van der Waals surface area (Å²) < 4.78 is 61.0. The fraction of sp³-hybridized carbons (Fsp3) is 0.296. The van der Waals surface area contributed by atoms with E-state index in [0.29, 0.717) is 40.4 Å². The summed E-state index contributed by atoms with van der Waals surface area (Å²) in [6.07, 6.45) is 1.33. The van der Waals surface area contributed by atoms with Crippen molar-refractivity contribution in [3.05, 3.63) is 71.8 Å². The quantitative estimate of drug-likeness (QED) is 0.271. The van der Waals surface area contributed by atoms with Gasteiger partial charge in [0.2, 0.25) is 5.95 Å². The van der Waals surface area contributed by atoms with Gasteiger partial charge in [-0.25, -0.2) is 9.37 Å². The number of imidazole rings is 1. The minimum Gasteiger partial charge on any atom is -0.457 e.